The van der Waals surface area contributed by atoms with Gasteiger partial charge in [-0.3, -0.25) is 4.79 Å². The van der Waals surface area contributed by atoms with Gasteiger partial charge < -0.3 is 24.5 Å². The van der Waals surface area contributed by atoms with Gasteiger partial charge in [-0.1, -0.05) is 49.4 Å². The predicted molar refractivity (Wildman–Crippen MR) is 159 cm³/mol. The number of hydrogen-bond acceptors (Lipinski definition) is 7. The SMILES string of the molecule is CCCc1nc2ccc(NC(=O)CCCCO)nc2n1Cc1ccc(-c2ccccc2OC(=O)OC(C)(C)C)cc1. The summed E-state index contributed by atoms with van der Waals surface area (Å²) in [6.07, 6.45) is 2.53. The molecule has 41 heavy (non-hydrogen) atoms. The highest BCUT2D eigenvalue weighted by Gasteiger charge is 2.20. The first-order valence-electron chi connectivity index (χ1n) is 14.0. The first-order valence-corrected chi connectivity index (χ1v) is 14.0. The lowest BCUT2D eigenvalue weighted by molar-refractivity contribution is -0.116. The minimum absolute atomic E-state index is 0.0736. The van der Waals surface area contributed by atoms with Gasteiger partial charge in [-0.15, -0.1) is 0 Å². The number of aryl methyl sites for hydroxylation is 1. The Balaban J connectivity index is 1.56. The fourth-order valence-electron chi connectivity index (χ4n) is 4.43. The lowest BCUT2D eigenvalue weighted by Crippen LogP contribution is -2.26. The van der Waals surface area contributed by atoms with Crippen LogP contribution in [0.25, 0.3) is 22.3 Å². The number of aliphatic hydroxyl groups is 1. The van der Waals surface area contributed by atoms with Crippen molar-refractivity contribution in [2.45, 2.75) is 71.9 Å². The molecule has 0 saturated heterocycles. The Kier molecular flexibility index (Phi) is 9.73. The molecule has 4 aromatic rings. The molecule has 4 rings (SSSR count). The van der Waals surface area contributed by atoms with Crippen LogP contribution >= 0.6 is 0 Å². The van der Waals surface area contributed by atoms with Gasteiger partial charge in [0.15, 0.2) is 5.65 Å². The highest BCUT2D eigenvalue weighted by atomic mass is 16.7. The molecule has 0 aliphatic heterocycles. The molecule has 0 saturated carbocycles. The Bertz CT molecular complexity index is 1490. The van der Waals surface area contributed by atoms with Gasteiger partial charge in [-0.05, 0) is 69.4 Å². The molecule has 2 heterocycles. The maximum absolute atomic E-state index is 12.3. The van der Waals surface area contributed by atoms with E-state index in [4.69, 9.17) is 24.5 Å². The third-order valence-electron chi connectivity index (χ3n) is 6.30. The molecule has 1 amide bonds. The number of ether oxygens (including phenoxy) is 2. The van der Waals surface area contributed by atoms with Crippen LogP contribution < -0.4 is 10.1 Å². The fourth-order valence-corrected chi connectivity index (χ4v) is 4.43. The van der Waals surface area contributed by atoms with Crippen molar-refractivity contribution in [3.05, 3.63) is 72.1 Å². The molecule has 0 unspecified atom stereocenters. The molecule has 9 heteroatoms. The predicted octanol–water partition coefficient (Wildman–Crippen LogP) is 6.51. The molecule has 0 bridgehead atoms. The number of para-hydroxylation sites is 1. The Labute approximate surface area is 240 Å². The summed E-state index contributed by atoms with van der Waals surface area (Å²) in [5, 5.41) is 11.8. The number of carbonyl (C=O) groups is 2. The highest BCUT2D eigenvalue weighted by molar-refractivity contribution is 5.90. The average molecular weight is 559 g/mol. The van der Waals surface area contributed by atoms with Gasteiger partial charge in [0.2, 0.25) is 5.91 Å². The number of aliphatic hydroxyl groups excluding tert-OH is 1. The van der Waals surface area contributed by atoms with Crippen LogP contribution in [0, 0.1) is 0 Å². The molecule has 0 aliphatic carbocycles. The lowest BCUT2D eigenvalue weighted by atomic mass is 10.0. The van der Waals surface area contributed by atoms with Crippen LogP contribution in [0.5, 0.6) is 5.75 Å². The maximum atomic E-state index is 12.3. The molecule has 0 fully saturated rings. The fraction of sp³-hybridized carbons (Fsp3) is 0.375. The smallest absolute Gasteiger partial charge is 0.428 e. The summed E-state index contributed by atoms with van der Waals surface area (Å²) in [5.41, 5.74) is 3.57. The van der Waals surface area contributed by atoms with E-state index in [0.29, 0.717) is 43.0 Å². The van der Waals surface area contributed by atoms with Crippen molar-refractivity contribution in [3.63, 3.8) is 0 Å². The molecular formula is C32H38N4O5. The Morgan fingerprint density at radius 1 is 0.976 bits per heavy atom. The summed E-state index contributed by atoms with van der Waals surface area (Å²) in [5.74, 6) is 1.71. The number of hydrogen-bond donors (Lipinski definition) is 2. The first kappa shape index (κ1) is 29.7. The molecule has 2 N–H and O–H groups in total. The Hall–Kier alpha value is -4.24. The quantitative estimate of drug-likeness (QED) is 0.122. The number of carbonyl (C=O) groups excluding carboxylic acids is 2. The van der Waals surface area contributed by atoms with Gasteiger partial charge in [0.05, 0.1) is 6.54 Å². The van der Waals surface area contributed by atoms with Crippen LogP contribution in [-0.2, 0) is 22.5 Å². The van der Waals surface area contributed by atoms with E-state index >= 15 is 0 Å². The number of aromatic nitrogens is 3. The number of unbranched alkanes of at least 4 members (excludes halogenated alkanes) is 1. The summed E-state index contributed by atoms with van der Waals surface area (Å²) in [6.45, 7) is 8.12. The Morgan fingerprint density at radius 2 is 1.73 bits per heavy atom. The zero-order valence-corrected chi connectivity index (χ0v) is 24.1. The second-order valence-electron chi connectivity index (χ2n) is 10.9. The topological polar surface area (TPSA) is 116 Å². The third kappa shape index (κ3) is 8.14. The number of benzene rings is 2. The van der Waals surface area contributed by atoms with E-state index in [-0.39, 0.29) is 12.5 Å². The maximum Gasteiger partial charge on any atom is 0.514 e. The van der Waals surface area contributed by atoms with E-state index in [0.717, 1.165) is 40.9 Å². The molecular weight excluding hydrogens is 520 g/mol. The minimum atomic E-state index is -0.745. The first-order chi connectivity index (χ1) is 19.7. The van der Waals surface area contributed by atoms with Crippen molar-refractivity contribution in [3.8, 4) is 16.9 Å². The molecule has 0 aliphatic rings. The number of pyridine rings is 1. The minimum Gasteiger partial charge on any atom is -0.428 e. The highest BCUT2D eigenvalue weighted by Crippen LogP contribution is 2.31. The van der Waals surface area contributed by atoms with Crippen molar-refractivity contribution in [2.24, 2.45) is 0 Å². The molecule has 216 valence electrons. The number of fused-ring (bicyclic) bond motifs is 1. The number of nitrogens with zero attached hydrogens (tertiary/aromatic N) is 3. The van der Waals surface area contributed by atoms with E-state index < -0.39 is 11.8 Å². The van der Waals surface area contributed by atoms with Gasteiger partial charge in [0, 0.05) is 25.0 Å². The summed E-state index contributed by atoms with van der Waals surface area (Å²) < 4.78 is 12.9. The van der Waals surface area contributed by atoms with E-state index in [9.17, 15) is 9.59 Å². The number of amides is 1. The van der Waals surface area contributed by atoms with Crippen molar-refractivity contribution in [1.82, 2.24) is 14.5 Å². The summed E-state index contributed by atoms with van der Waals surface area (Å²) in [7, 11) is 0. The van der Waals surface area contributed by atoms with Crippen LogP contribution in [0.1, 0.15) is 64.8 Å². The molecule has 0 radical (unpaired) electrons. The average Bonchev–Trinajstić information content (AvgIpc) is 3.25. The van der Waals surface area contributed by atoms with E-state index in [2.05, 4.69) is 16.8 Å². The Morgan fingerprint density at radius 3 is 2.44 bits per heavy atom. The summed E-state index contributed by atoms with van der Waals surface area (Å²) in [6, 6.07) is 19.1. The molecule has 2 aromatic heterocycles. The van der Waals surface area contributed by atoms with Crippen LogP contribution in [0.2, 0.25) is 0 Å². The number of imidazole rings is 1. The zero-order chi connectivity index (χ0) is 29.4. The van der Waals surface area contributed by atoms with Gasteiger partial charge in [-0.2, -0.15) is 0 Å². The van der Waals surface area contributed by atoms with Crippen LogP contribution in [0.3, 0.4) is 0 Å². The second-order valence-corrected chi connectivity index (χ2v) is 10.9. The molecule has 0 atom stereocenters. The van der Waals surface area contributed by atoms with Gasteiger partial charge in [0.25, 0.3) is 0 Å². The van der Waals surface area contributed by atoms with Crippen LogP contribution in [-0.4, -0.2) is 43.9 Å². The zero-order valence-electron chi connectivity index (χ0n) is 24.1. The van der Waals surface area contributed by atoms with Gasteiger partial charge in [-0.25, -0.2) is 14.8 Å². The molecule has 2 aromatic carbocycles. The second kappa shape index (κ2) is 13.4. The lowest BCUT2D eigenvalue weighted by Gasteiger charge is -2.19. The number of rotatable bonds is 11. The molecule has 0 spiro atoms. The normalized spacial score (nSPS) is 11.4. The van der Waals surface area contributed by atoms with Crippen molar-refractivity contribution in [1.29, 1.82) is 0 Å². The monoisotopic (exact) mass is 558 g/mol. The largest absolute Gasteiger partial charge is 0.514 e. The van der Waals surface area contributed by atoms with E-state index in [1.165, 1.54) is 0 Å². The van der Waals surface area contributed by atoms with E-state index in [1.807, 2.05) is 48.5 Å². The van der Waals surface area contributed by atoms with Crippen LogP contribution in [0.15, 0.2) is 60.7 Å². The van der Waals surface area contributed by atoms with Gasteiger partial charge in [0.1, 0.15) is 28.5 Å². The third-order valence-corrected chi connectivity index (χ3v) is 6.30. The van der Waals surface area contributed by atoms with Crippen molar-refractivity contribution >= 4 is 29.0 Å². The summed E-state index contributed by atoms with van der Waals surface area (Å²) in [4.78, 5) is 34.1. The number of nitrogens with one attached hydrogen (secondary N) is 1. The standard InChI is InChI=1S/C32H38N4O5/c1-5-10-28-33-25-18-19-27(34-29(38)13-8-9-20-37)35-30(25)36(28)21-22-14-16-23(17-15-22)24-11-6-7-12-26(24)40-31(39)41-32(2,3)4/h6-7,11-12,14-19,37H,5,8-10,13,20-21H2,1-4H3,(H,34,35,38). The van der Waals surface area contributed by atoms with Gasteiger partial charge >= 0.3 is 6.16 Å². The molecule has 9 nitrogen and oxygen atoms in total. The van der Waals surface area contributed by atoms with Crippen molar-refractivity contribution < 1.29 is 24.2 Å². The number of anilines is 1. The van der Waals surface area contributed by atoms with Crippen LogP contribution in [0.4, 0.5) is 10.6 Å². The van der Waals surface area contributed by atoms with Crippen molar-refractivity contribution in [2.75, 3.05) is 11.9 Å². The van der Waals surface area contributed by atoms with E-state index in [1.54, 1.807) is 32.9 Å². The summed E-state index contributed by atoms with van der Waals surface area (Å²) >= 11 is 0.